The Bertz CT molecular complexity index is 343. The molecule has 94 valence electrons. The minimum atomic E-state index is -0.489. The Morgan fingerprint density at radius 2 is 2.29 bits per heavy atom. The minimum Gasteiger partial charge on any atom is -0.352 e. The van der Waals surface area contributed by atoms with Crippen molar-refractivity contribution in [3.8, 4) is 0 Å². The van der Waals surface area contributed by atoms with Gasteiger partial charge in [0.1, 0.15) is 0 Å². The van der Waals surface area contributed by atoms with E-state index in [4.69, 9.17) is 5.73 Å². The highest BCUT2D eigenvalue weighted by Gasteiger charge is 2.20. The van der Waals surface area contributed by atoms with Gasteiger partial charge in [-0.1, -0.05) is 19.3 Å². The Morgan fingerprint density at radius 1 is 1.53 bits per heavy atom. The number of hydrogen-bond acceptors (Lipinski definition) is 3. The summed E-state index contributed by atoms with van der Waals surface area (Å²) in [5.74, 6) is -0.0495. The van der Waals surface area contributed by atoms with Crippen molar-refractivity contribution in [1.29, 1.82) is 0 Å². The zero-order chi connectivity index (χ0) is 12.1. The first-order valence-electron chi connectivity index (χ1n) is 6.29. The molecule has 1 aromatic rings. The summed E-state index contributed by atoms with van der Waals surface area (Å²) >= 11 is 0. The van der Waals surface area contributed by atoms with Gasteiger partial charge in [0, 0.05) is 24.4 Å². The van der Waals surface area contributed by atoms with Crippen LogP contribution in [0, 0.1) is 0 Å². The molecule has 1 aliphatic rings. The molecule has 0 aromatic carbocycles. The van der Waals surface area contributed by atoms with Crippen LogP contribution in [0.2, 0.25) is 0 Å². The molecule has 5 nitrogen and oxygen atoms in total. The van der Waals surface area contributed by atoms with Gasteiger partial charge in [0.05, 0.1) is 12.4 Å². The number of nitrogens with one attached hydrogen (secondary N) is 2. The molecule has 5 heteroatoms. The van der Waals surface area contributed by atoms with E-state index < -0.39 is 6.04 Å². The highest BCUT2D eigenvalue weighted by Crippen LogP contribution is 2.17. The average Bonchev–Trinajstić information content (AvgIpc) is 2.83. The van der Waals surface area contributed by atoms with Crippen LogP contribution < -0.4 is 11.1 Å². The largest absolute Gasteiger partial charge is 0.352 e. The quantitative estimate of drug-likeness (QED) is 0.720. The van der Waals surface area contributed by atoms with Crippen molar-refractivity contribution in [3.63, 3.8) is 0 Å². The molecule has 1 saturated carbocycles. The van der Waals surface area contributed by atoms with Crippen LogP contribution in [0.1, 0.15) is 37.8 Å². The normalized spacial score (nSPS) is 18.9. The van der Waals surface area contributed by atoms with Gasteiger partial charge in [-0.25, -0.2) is 4.98 Å². The third-order valence-electron chi connectivity index (χ3n) is 3.28. The molecule has 1 atom stereocenters. The van der Waals surface area contributed by atoms with Crippen LogP contribution >= 0.6 is 0 Å². The summed E-state index contributed by atoms with van der Waals surface area (Å²) in [7, 11) is 0. The van der Waals surface area contributed by atoms with Gasteiger partial charge in [-0.3, -0.25) is 4.79 Å². The van der Waals surface area contributed by atoms with Gasteiger partial charge in [-0.15, -0.1) is 0 Å². The second kappa shape index (κ2) is 5.82. The number of nitrogens with two attached hydrogens (primary N) is 1. The topological polar surface area (TPSA) is 83.8 Å². The van der Waals surface area contributed by atoms with E-state index in [9.17, 15) is 4.79 Å². The van der Waals surface area contributed by atoms with E-state index in [1.165, 1.54) is 19.3 Å². The number of nitrogens with zero attached hydrogens (tertiary/aromatic N) is 1. The van der Waals surface area contributed by atoms with Crippen molar-refractivity contribution in [2.75, 3.05) is 0 Å². The molecule has 1 heterocycles. The Hall–Kier alpha value is -1.36. The van der Waals surface area contributed by atoms with Gasteiger partial charge >= 0.3 is 0 Å². The molecule has 17 heavy (non-hydrogen) atoms. The van der Waals surface area contributed by atoms with Gasteiger partial charge in [0.2, 0.25) is 5.91 Å². The van der Waals surface area contributed by atoms with Crippen LogP contribution in [0.4, 0.5) is 0 Å². The molecule has 0 unspecified atom stereocenters. The third-order valence-corrected chi connectivity index (χ3v) is 3.28. The summed E-state index contributed by atoms with van der Waals surface area (Å²) in [6, 6.07) is -0.165. The fourth-order valence-corrected chi connectivity index (χ4v) is 2.28. The van der Waals surface area contributed by atoms with Gasteiger partial charge in [0.15, 0.2) is 0 Å². The lowest BCUT2D eigenvalue weighted by Crippen LogP contribution is -2.47. The van der Waals surface area contributed by atoms with Crippen molar-refractivity contribution >= 4 is 5.91 Å². The SMILES string of the molecule is N[C@@H](Cc1cnc[nH]1)C(=O)NC1CCCCC1. The fourth-order valence-electron chi connectivity index (χ4n) is 2.28. The molecule has 4 N–H and O–H groups in total. The minimum absolute atomic E-state index is 0.0495. The number of H-pyrrole nitrogens is 1. The van der Waals surface area contributed by atoms with Gasteiger partial charge in [0.25, 0.3) is 0 Å². The number of amides is 1. The lowest BCUT2D eigenvalue weighted by molar-refractivity contribution is -0.123. The van der Waals surface area contributed by atoms with Gasteiger partial charge in [-0.05, 0) is 12.8 Å². The van der Waals surface area contributed by atoms with E-state index in [0.717, 1.165) is 18.5 Å². The maximum absolute atomic E-state index is 11.9. The van der Waals surface area contributed by atoms with Gasteiger partial charge in [-0.2, -0.15) is 0 Å². The first-order valence-corrected chi connectivity index (χ1v) is 6.29. The number of aromatic nitrogens is 2. The highest BCUT2D eigenvalue weighted by molar-refractivity contribution is 5.82. The van der Waals surface area contributed by atoms with Crippen LogP contribution in [0.5, 0.6) is 0 Å². The van der Waals surface area contributed by atoms with Crippen molar-refractivity contribution in [2.45, 2.75) is 50.6 Å². The number of imidazole rings is 1. The maximum atomic E-state index is 11.9. The zero-order valence-electron chi connectivity index (χ0n) is 9.98. The molecule has 1 fully saturated rings. The summed E-state index contributed by atoms with van der Waals surface area (Å²) in [5.41, 5.74) is 6.77. The Labute approximate surface area is 101 Å². The molecule has 0 radical (unpaired) electrons. The second-order valence-corrected chi connectivity index (χ2v) is 4.73. The lowest BCUT2D eigenvalue weighted by Gasteiger charge is -2.24. The van der Waals surface area contributed by atoms with Crippen LogP contribution in [0.3, 0.4) is 0 Å². The van der Waals surface area contributed by atoms with Crippen molar-refractivity contribution in [2.24, 2.45) is 5.73 Å². The molecule has 0 bridgehead atoms. The number of carbonyl (C=O) groups is 1. The van der Waals surface area contributed by atoms with Crippen LogP contribution in [0.25, 0.3) is 0 Å². The maximum Gasteiger partial charge on any atom is 0.237 e. The molecule has 0 aliphatic heterocycles. The average molecular weight is 236 g/mol. The standard InChI is InChI=1S/C12H20N4O/c13-11(6-10-7-14-8-15-10)12(17)16-9-4-2-1-3-5-9/h7-9,11H,1-6,13H2,(H,14,15)(H,16,17)/t11-/m0/s1. The predicted octanol–water partition coefficient (Wildman–Crippen LogP) is 0.728. The van der Waals surface area contributed by atoms with Crippen molar-refractivity contribution in [3.05, 3.63) is 18.2 Å². The Kier molecular flexibility index (Phi) is 4.14. The summed E-state index contributed by atoms with van der Waals surface area (Å²) in [6.07, 6.45) is 9.69. The smallest absolute Gasteiger partial charge is 0.237 e. The molecule has 0 spiro atoms. The van der Waals surface area contributed by atoms with Crippen molar-refractivity contribution in [1.82, 2.24) is 15.3 Å². The molecule has 1 aromatic heterocycles. The van der Waals surface area contributed by atoms with Gasteiger partial charge < -0.3 is 16.0 Å². The molecular weight excluding hydrogens is 216 g/mol. The fraction of sp³-hybridized carbons (Fsp3) is 0.667. The second-order valence-electron chi connectivity index (χ2n) is 4.73. The third kappa shape index (κ3) is 3.56. The van der Waals surface area contributed by atoms with Crippen LogP contribution in [-0.2, 0) is 11.2 Å². The number of rotatable bonds is 4. The van der Waals surface area contributed by atoms with Crippen molar-refractivity contribution < 1.29 is 4.79 Å². The molecule has 0 saturated heterocycles. The van der Waals surface area contributed by atoms with E-state index in [2.05, 4.69) is 15.3 Å². The Balaban J connectivity index is 1.78. The first-order chi connectivity index (χ1) is 8.25. The summed E-state index contributed by atoms with van der Waals surface area (Å²) < 4.78 is 0. The molecular formula is C12H20N4O. The lowest BCUT2D eigenvalue weighted by atomic mass is 9.95. The molecule has 2 rings (SSSR count). The number of carbonyl (C=O) groups excluding carboxylic acids is 1. The monoisotopic (exact) mass is 236 g/mol. The van der Waals surface area contributed by atoms with Crippen LogP contribution in [0.15, 0.2) is 12.5 Å². The first kappa shape index (κ1) is 12.1. The molecule has 1 aliphatic carbocycles. The Morgan fingerprint density at radius 3 is 2.94 bits per heavy atom. The van der Waals surface area contributed by atoms with E-state index in [-0.39, 0.29) is 5.91 Å². The summed E-state index contributed by atoms with van der Waals surface area (Å²) in [5, 5.41) is 3.03. The highest BCUT2D eigenvalue weighted by atomic mass is 16.2. The molecule has 1 amide bonds. The van der Waals surface area contributed by atoms with E-state index in [0.29, 0.717) is 12.5 Å². The van der Waals surface area contributed by atoms with E-state index >= 15 is 0 Å². The number of aromatic amines is 1. The zero-order valence-corrected chi connectivity index (χ0v) is 9.98. The van der Waals surface area contributed by atoms with Crippen LogP contribution in [-0.4, -0.2) is 28.0 Å². The predicted molar refractivity (Wildman–Crippen MR) is 65.3 cm³/mol. The summed E-state index contributed by atoms with van der Waals surface area (Å²) in [6.45, 7) is 0. The van der Waals surface area contributed by atoms with E-state index in [1.807, 2.05) is 0 Å². The number of hydrogen-bond donors (Lipinski definition) is 3. The summed E-state index contributed by atoms with van der Waals surface area (Å²) in [4.78, 5) is 18.7. The van der Waals surface area contributed by atoms with E-state index in [1.54, 1.807) is 12.5 Å².